The van der Waals surface area contributed by atoms with Crippen LogP contribution in [0.2, 0.25) is 0 Å². The van der Waals surface area contributed by atoms with Gasteiger partial charge in [-0.2, -0.15) is 26.9 Å². The van der Waals surface area contributed by atoms with Gasteiger partial charge in [-0.25, -0.2) is 13.8 Å². The summed E-state index contributed by atoms with van der Waals surface area (Å²) in [4.78, 5) is 9.73. The van der Waals surface area contributed by atoms with Gasteiger partial charge in [0.05, 0.1) is 5.69 Å². The average Bonchev–Trinajstić information content (AvgIpc) is 2.70. The van der Waals surface area contributed by atoms with Crippen LogP contribution in [0.1, 0.15) is 32.1 Å². The number of alkyl halides is 7. The first kappa shape index (κ1) is 24.7. The van der Waals surface area contributed by atoms with Crippen LogP contribution < -0.4 is 25.8 Å². The molecule has 1 fully saturated rings. The van der Waals surface area contributed by atoms with Gasteiger partial charge < -0.3 is 20.9 Å². The van der Waals surface area contributed by atoms with Gasteiger partial charge in [-0.05, 0) is 25.7 Å². The number of ether oxygens (including phenoxy) is 2. The molecule has 0 atom stereocenters. The van der Waals surface area contributed by atoms with Crippen LogP contribution in [-0.2, 0) is 0 Å². The summed E-state index contributed by atoms with van der Waals surface area (Å²) in [6.45, 7) is -3.38. The maximum absolute atomic E-state index is 13.3. The number of hydrogen-bond donors (Lipinski definition) is 2. The highest BCUT2D eigenvalue weighted by molar-refractivity contribution is 6.05. The highest BCUT2D eigenvalue weighted by Crippen LogP contribution is 2.42. The Morgan fingerprint density at radius 3 is 2.06 bits per heavy atom. The lowest BCUT2D eigenvalue weighted by atomic mass is 9.87. The number of nitrogens with zero attached hydrogens (tertiary/aromatic N) is 3. The molecule has 0 amide bonds. The normalized spacial score (nSPS) is 18.8. The number of anilines is 1. The van der Waals surface area contributed by atoms with Gasteiger partial charge >= 0.3 is 18.5 Å². The second-order valence-corrected chi connectivity index (χ2v) is 7.74. The molecule has 1 spiro atoms. The first-order valence-electron chi connectivity index (χ1n) is 9.94. The molecule has 0 bridgehead atoms. The van der Waals surface area contributed by atoms with Crippen LogP contribution in [0.25, 0.3) is 0 Å². The Labute approximate surface area is 184 Å². The lowest BCUT2D eigenvalue weighted by Crippen LogP contribution is -2.58. The van der Waals surface area contributed by atoms with Gasteiger partial charge in [0, 0.05) is 18.2 Å². The molecule has 3 rings (SSSR count). The van der Waals surface area contributed by atoms with Crippen LogP contribution in [0.3, 0.4) is 0 Å². The predicted molar refractivity (Wildman–Crippen MR) is 106 cm³/mol. The van der Waals surface area contributed by atoms with Crippen molar-refractivity contribution in [2.24, 2.45) is 21.5 Å². The molecule has 33 heavy (non-hydrogen) atoms. The van der Waals surface area contributed by atoms with Crippen LogP contribution in [-0.4, -0.2) is 49.3 Å². The van der Waals surface area contributed by atoms with Crippen LogP contribution in [0.5, 0.6) is 11.5 Å². The zero-order valence-electron chi connectivity index (χ0n) is 17.2. The van der Waals surface area contributed by atoms with Gasteiger partial charge in [0.15, 0.2) is 13.2 Å². The standard InChI is InChI=1S/C19H22F7N5O2/c20-14(21)18(22,23)9-32-12-6-11(7-13(8-12)33-10-19(24,25)26)31-16(28)29-15(27)30-17(31)4-2-1-3-5-17/h6-8,14H,1-5,9-10H2,(H4,27,28,29,30). The Bertz CT molecular complexity index is 914. The van der Waals surface area contributed by atoms with E-state index in [0.717, 1.165) is 31.4 Å². The molecule has 0 aromatic heterocycles. The van der Waals surface area contributed by atoms with E-state index >= 15 is 0 Å². The van der Waals surface area contributed by atoms with E-state index in [9.17, 15) is 30.7 Å². The minimum Gasteiger partial charge on any atom is -0.487 e. The molecular formula is C19H22F7N5O2. The second-order valence-electron chi connectivity index (χ2n) is 7.74. The molecule has 2 aliphatic rings. The van der Waals surface area contributed by atoms with E-state index in [1.54, 1.807) is 0 Å². The fourth-order valence-electron chi connectivity index (χ4n) is 3.76. The van der Waals surface area contributed by atoms with E-state index < -0.39 is 48.9 Å². The SMILES string of the molecule is NC1=NC2(CCCCC2)N(c2cc(OCC(F)(F)F)cc(OCC(F)(F)C(F)F)c2)C(N)=N1. The summed E-state index contributed by atoms with van der Waals surface area (Å²) >= 11 is 0. The third kappa shape index (κ3) is 5.90. The van der Waals surface area contributed by atoms with Crippen molar-refractivity contribution in [1.82, 2.24) is 0 Å². The van der Waals surface area contributed by atoms with Crippen molar-refractivity contribution in [3.63, 3.8) is 0 Å². The van der Waals surface area contributed by atoms with Gasteiger partial charge in [-0.15, -0.1) is 0 Å². The molecule has 0 unspecified atom stereocenters. The average molecular weight is 485 g/mol. The van der Waals surface area contributed by atoms with Crippen molar-refractivity contribution in [1.29, 1.82) is 0 Å². The smallest absolute Gasteiger partial charge is 0.422 e. The zero-order valence-corrected chi connectivity index (χ0v) is 17.2. The summed E-state index contributed by atoms with van der Waals surface area (Å²) < 4.78 is 99.2. The number of nitrogens with two attached hydrogens (primary N) is 2. The van der Waals surface area contributed by atoms with Crippen LogP contribution in [0, 0.1) is 0 Å². The molecule has 1 aliphatic heterocycles. The summed E-state index contributed by atoms with van der Waals surface area (Å²) in [5, 5.41) is 0. The summed E-state index contributed by atoms with van der Waals surface area (Å²) in [5.74, 6) is -5.50. The Kier molecular flexibility index (Phi) is 6.84. The Balaban J connectivity index is 2.00. The fourth-order valence-corrected chi connectivity index (χ4v) is 3.76. The number of guanidine groups is 2. The fraction of sp³-hybridized carbons (Fsp3) is 0.579. The van der Waals surface area contributed by atoms with Gasteiger partial charge in [0.25, 0.3) is 0 Å². The predicted octanol–water partition coefficient (Wildman–Crippen LogP) is 4.02. The van der Waals surface area contributed by atoms with Crippen LogP contribution in [0.4, 0.5) is 36.4 Å². The number of hydrogen-bond acceptors (Lipinski definition) is 7. The van der Waals surface area contributed by atoms with Crippen molar-refractivity contribution in [2.45, 2.75) is 56.3 Å². The summed E-state index contributed by atoms with van der Waals surface area (Å²) in [6.07, 6.45) is -5.31. The van der Waals surface area contributed by atoms with E-state index in [2.05, 4.69) is 9.98 Å². The molecule has 1 aromatic carbocycles. The third-order valence-corrected chi connectivity index (χ3v) is 5.13. The van der Waals surface area contributed by atoms with E-state index in [1.807, 2.05) is 0 Å². The molecule has 14 heteroatoms. The number of rotatable bonds is 7. The van der Waals surface area contributed by atoms with Gasteiger partial charge in [0.2, 0.25) is 11.9 Å². The van der Waals surface area contributed by atoms with Crippen molar-refractivity contribution in [2.75, 3.05) is 18.1 Å². The first-order chi connectivity index (χ1) is 15.3. The monoisotopic (exact) mass is 485 g/mol. The molecule has 1 saturated carbocycles. The van der Waals surface area contributed by atoms with Crippen LogP contribution >= 0.6 is 0 Å². The molecule has 1 heterocycles. The molecular weight excluding hydrogens is 463 g/mol. The molecule has 0 radical (unpaired) electrons. The number of aliphatic imine (C=N–C) groups is 2. The van der Waals surface area contributed by atoms with E-state index in [4.69, 9.17) is 20.9 Å². The number of benzene rings is 1. The number of halogens is 7. The van der Waals surface area contributed by atoms with E-state index in [-0.39, 0.29) is 17.6 Å². The lowest BCUT2D eigenvalue weighted by molar-refractivity contribution is -0.153. The van der Waals surface area contributed by atoms with Crippen molar-refractivity contribution < 1.29 is 40.2 Å². The molecule has 0 saturated heterocycles. The van der Waals surface area contributed by atoms with Crippen LogP contribution in [0.15, 0.2) is 28.2 Å². The zero-order chi connectivity index (χ0) is 24.4. The molecule has 1 aliphatic carbocycles. The third-order valence-electron chi connectivity index (χ3n) is 5.13. The maximum Gasteiger partial charge on any atom is 0.422 e. The lowest BCUT2D eigenvalue weighted by Gasteiger charge is -2.45. The minimum absolute atomic E-state index is 0.0736. The topological polar surface area (TPSA) is 98.5 Å². The molecule has 184 valence electrons. The summed E-state index contributed by atoms with van der Waals surface area (Å²) in [7, 11) is 0. The van der Waals surface area contributed by atoms with E-state index in [0.29, 0.717) is 12.8 Å². The largest absolute Gasteiger partial charge is 0.487 e. The Morgan fingerprint density at radius 2 is 1.52 bits per heavy atom. The molecule has 7 nitrogen and oxygen atoms in total. The van der Waals surface area contributed by atoms with Gasteiger partial charge in [-0.1, -0.05) is 6.42 Å². The summed E-state index contributed by atoms with van der Waals surface area (Å²) in [5.41, 5.74) is 10.9. The summed E-state index contributed by atoms with van der Waals surface area (Å²) in [6, 6.07) is 3.23. The first-order valence-corrected chi connectivity index (χ1v) is 9.94. The van der Waals surface area contributed by atoms with Crippen molar-refractivity contribution in [3.05, 3.63) is 18.2 Å². The minimum atomic E-state index is -4.69. The van der Waals surface area contributed by atoms with Gasteiger partial charge in [0.1, 0.15) is 17.2 Å². The Morgan fingerprint density at radius 1 is 0.939 bits per heavy atom. The molecule has 1 aromatic rings. The van der Waals surface area contributed by atoms with E-state index in [1.165, 1.54) is 11.0 Å². The molecule has 4 N–H and O–H groups in total. The van der Waals surface area contributed by atoms with Crippen molar-refractivity contribution in [3.8, 4) is 11.5 Å². The highest BCUT2D eigenvalue weighted by atomic mass is 19.4. The quantitative estimate of drug-likeness (QED) is 0.569. The second kappa shape index (κ2) is 9.14. The highest BCUT2D eigenvalue weighted by Gasteiger charge is 2.44. The van der Waals surface area contributed by atoms with Gasteiger partial charge in [-0.3, -0.25) is 4.90 Å². The van der Waals surface area contributed by atoms with Crippen molar-refractivity contribution >= 4 is 17.6 Å². The Hall–Kier alpha value is -2.93. The maximum atomic E-state index is 13.3.